The minimum absolute atomic E-state index is 0.0302. The summed E-state index contributed by atoms with van der Waals surface area (Å²) in [7, 11) is -3.83. The van der Waals surface area contributed by atoms with Crippen LogP contribution in [-0.2, 0) is 23.0 Å². The van der Waals surface area contributed by atoms with Gasteiger partial charge in [0.1, 0.15) is 10.8 Å². The van der Waals surface area contributed by atoms with Gasteiger partial charge in [-0.25, -0.2) is 8.42 Å². The summed E-state index contributed by atoms with van der Waals surface area (Å²) < 4.78 is 34.9. The van der Waals surface area contributed by atoms with E-state index < -0.39 is 15.9 Å². The molecule has 4 rings (SSSR count). The van der Waals surface area contributed by atoms with E-state index in [4.69, 9.17) is 16.0 Å². The largest absolute Gasteiger partial charge is 0.454 e. The number of aryl methyl sites for hydroxylation is 2. The van der Waals surface area contributed by atoms with Gasteiger partial charge in [-0.1, -0.05) is 29.9 Å². The lowest BCUT2D eigenvalue weighted by atomic mass is 10.3. The van der Waals surface area contributed by atoms with Gasteiger partial charge in [-0.2, -0.15) is 5.10 Å². The Morgan fingerprint density at radius 2 is 1.88 bits per heavy atom. The molecule has 0 atom stereocenters. The lowest BCUT2D eigenvalue weighted by Crippen LogP contribution is -2.14. The lowest BCUT2D eigenvalue weighted by Gasteiger charge is -2.07. The fourth-order valence-electron chi connectivity index (χ4n) is 3.08. The molecule has 1 amide bonds. The number of furan rings is 1. The van der Waals surface area contributed by atoms with Crippen molar-refractivity contribution in [1.82, 2.24) is 20.0 Å². The van der Waals surface area contributed by atoms with E-state index in [-0.39, 0.29) is 15.8 Å². The van der Waals surface area contributed by atoms with Crippen LogP contribution in [0.2, 0.25) is 5.02 Å². The normalized spacial score (nSPS) is 11.5. The Bertz CT molecular complexity index is 1440. The highest BCUT2D eigenvalue weighted by Crippen LogP contribution is 2.23. The van der Waals surface area contributed by atoms with Gasteiger partial charge in [0.2, 0.25) is 5.13 Å². The number of hydrogen-bond donors (Lipinski definition) is 2. The number of carbonyl (C=O) groups is 1. The molecule has 178 valence electrons. The molecule has 0 aliphatic heterocycles. The minimum Gasteiger partial charge on any atom is -0.454 e. The number of sulfonamides is 1. The third kappa shape index (κ3) is 5.13. The van der Waals surface area contributed by atoms with Crippen LogP contribution >= 0.6 is 22.9 Å². The Morgan fingerprint density at radius 1 is 1.15 bits per heavy atom. The summed E-state index contributed by atoms with van der Waals surface area (Å²) in [6.45, 7) is 5.92. The van der Waals surface area contributed by atoms with Crippen molar-refractivity contribution in [1.29, 1.82) is 0 Å². The molecule has 34 heavy (non-hydrogen) atoms. The molecule has 0 saturated carbocycles. The van der Waals surface area contributed by atoms with Gasteiger partial charge < -0.3 is 9.73 Å². The molecule has 3 heterocycles. The molecule has 0 spiro atoms. The predicted molar refractivity (Wildman–Crippen MR) is 129 cm³/mol. The van der Waals surface area contributed by atoms with Crippen molar-refractivity contribution in [2.75, 3.05) is 10.0 Å². The van der Waals surface area contributed by atoms with E-state index in [0.717, 1.165) is 16.4 Å². The van der Waals surface area contributed by atoms with Crippen LogP contribution in [0.25, 0.3) is 0 Å². The SMILES string of the molecule is CCc1nnc(NS(=O)(=O)c2ccc(NC(=O)c3ccc(Cn4nc(C)c(Cl)c4C)o3)cc2)s1. The second-order valence-corrected chi connectivity index (χ2v) is 10.5. The Hall–Kier alpha value is -3.22. The quantitative estimate of drug-likeness (QED) is 0.354. The zero-order valence-corrected chi connectivity index (χ0v) is 20.9. The van der Waals surface area contributed by atoms with Crippen LogP contribution in [0, 0.1) is 13.8 Å². The molecule has 0 aliphatic carbocycles. The van der Waals surface area contributed by atoms with E-state index in [0.29, 0.717) is 29.4 Å². The van der Waals surface area contributed by atoms with Crippen molar-refractivity contribution in [3.05, 3.63) is 69.3 Å². The average molecular weight is 521 g/mol. The molecular formula is C21H21ClN6O4S2. The number of amides is 1. The number of halogens is 1. The molecule has 0 unspecified atom stereocenters. The first-order valence-corrected chi connectivity index (χ1v) is 12.9. The van der Waals surface area contributed by atoms with Crippen molar-refractivity contribution in [3.63, 3.8) is 0 Å². The van der Waals surface area contributed by atoms with E-state index in [2.05, 4.69) is 25.3 Å². The molecule has 10 nitrogen and oxygen atoms in total. The van der Waals surface area contributed by atoms with Gasteiger partial charge in [0, 0.05) is 5.69 Å². The number of hydrogen-bond acceptors (Lipinski definition) is 8. The van der Waals surface area contributed by atoms with Gasteiger partial charge >= 0.3 is 0 Å². The average Bonchev–Trinajstić information content (AvgIpc) is 3.51. The van der Waals surface area contributed by atoms with Crippen LogP contribution < -0.4 is 10.0 Å². The number of aromatic nitrogens is 4. The summed E-state index contributed by atoms with van der Waals surface area (Å²) in [6, 6.07) is 9.02. The van der Waals surface area contributed by atoms with Crippen LogP contribution in [-0.4, -0.2) is 34.3 Å². The maximum atomic E-state index is 12.6. The van der Waals surface area contributed by atoms with Crippen molar-refractivity contribution in [2.24, 2.45) is 0 Å². The highest BCUT2D eigenvalue weighted by atomic mass is 35.5. The molecule has 0 radical (unpaired) electrons. The van der Waals surface area contributed by atoms with Crippen LogP contribution in [0.3, 0.4) is 0 Å². The van der Waals surface area contributed by atoms with Gasteiger partial charge in [-0.05, 0) is 56.7 Å². The standard InChI is InChI=1S/C21H21ClN6O4S2/c1-4-18-24-25-21(33-18)27-34(30,31)16-8-5-14(6-9-16)23-20(29)17-10-7-15(32-17)11-28-13(3)19(22)12(2)26-28/h5-10H,4,11H2,1-3H3,(H,23,29)(H,25,27). The summed E-state index contributed by atoms with van der Waals surface area (Å²) in [5, 5.41) is 16.3. The van der Waals surface area contributed by atoms with Gasteiger partial charge in [0.05, 0.1) is 27.9 Å². The summed E-state index contributed by atoms with van der Waals surface area (Å²) in [4.78, 5) is 12.6. The number of rotatable bonds is 8. The molecule has 3 aromatic heterocycles. The van der Waals surface area contributed by atoms with Gasteiger partial charge in [0.25, 0.3) is 15.9 Å². The zero-order valence-electron chi connectivity index (χ0n) is 18.5. The second kappa shape index (κ2) is 9.57. The van der Waals surface area contributed by atoms with Crippen molar-refractivity contribution in [3.8, 4) is 0 Å². The molecule has 0 bridgehead atoms. The molecule has 13 heteroatoms. The third-order valence-corrected chi connectivity index (χ3v) is 7.91. The first-order chi connectivity index (χ1) is 16.2. The molecule has 2 N–H and O–H groups in total. The number of nitrogens with zero attached hydrogens (tertiary/aromatic N) is 4. The highest BCUT2D eigenvalue weighted by molar-refractivity contribution is 7.93. The minimum atomic E-state index is -3.83. The van der Waals surface area contributed by atoms with Crippen LogP contribution in [0.15, 0.2) is 45.7 Å². The number of benzene rings is 1. The molecule has 0 saturated heterocycles. The van der Waals surface area contributed by atoms with Gasteiger partial charge in [-0.3, -0.25) is 14.2 Å². The van der Waals surface area contributed by atoms with Crippen LogP contribution in [0.5, 0.6) is 0 Å². The van der Waals surface area contributed by atoms with E-state index in [1.165, 1.54) is 35.6 Å². The van der Waals surface area contributed by atoms with Gasteiger partial charge in [-0.15, -0.1) is 10.2 Å². The van der Waals surface area contributed by atoms with Crippen molar-refractivity contribution >= 4 is 49.7 Å². The monoisotopic (exact) mass is 520 g/mol. The molecule has 4 aromatic rings. The van der Waals surface area contributed by atoms with E-state index >= 15 is 0 Å². The summed E-state index contributed by atoms with van der Waals surface area (Å²) >= 11 is 7.35. The van der Waals surface area contributed by atoms with Crippen LogP contribution in [0.1, 0.15) is 39.6 Å². The topological polar surface area (TPSA) is 132 Å². The fourth-order valence-corrected chi connectivity index (χ4v) is 5.13. The molecule has 1 aromatic carbocycles. The van der Waals surface area contributed by atoms with E-state index in [9.17, 15) is 13.2 Å². The smallest absolute Gasteiger partial charge is 0.291 e. The lowest BCUT2D eigenvalue weighted by molar-refractivity contribution is 0.0994. The first kappa shape index (κ1) is 23.9. The summed E-state index contributed by atoms with van der Waals surface area (Å²) in [5.41, 5.74) is 1.94. The highest BCUT2D eigenvalue weighted by Gasteiger charge is 2.18. The number of carbonyl (C=O) groups excluding carboxylic acids is 1. The van der Waals surface area contributed by atoms with Gasteiger partial charge in [0.15, 0.2) is 5.76 Å². The number of nitrogens with one attached hydrogen (secondary N) is 2. The maximum Gasteiger partial charge on any atom is 0.291 e. The number of anilines is 2. The zero-order chi connectivity index (χ0) is 24.5. The van der Waals surface area contributed by atoms with Crippen LogP contribution in [0.4, 0.5) is 10.8 Å². The Morgan fingerprint density at radius 3 is 2.50 bits per heavy atom. The van der Waals surface area contributed by atoms with Crippen molar-refractivity contribution in [2.45, 2.75) is 38.6 Å². The molecular weight excluding hydrogens is 500 g/mol. The predicted octanol–water partition coefficient (Wildman–Crippen LogP) is 4.26. The Kier molecular flexibility index (Phi) is 6.73. The molecule has 0 fully saturated rings. The van der Waals surface area contributed by atoms with E-state index in [1.807, 2.05) is 20.8 Å². The second-order valence-electron chi connectivity index (χ2n) is 7.35. The van der Waals surface area contributed by atoms with Crippen molar-refractivity contribution < 1.29 is 17.6 Å². The first-order valence-electron chi connectivity index (χ1n) is 10.2. The van der Waals surface area contributed by atoms with E-state index in [1.54, 1.807) is 16.8 Å². The Balaban J connectivity index is 1.40. The maximum absolute atomic E-state index is 12.6. The fraction of sp³-hybridized carbons (Fsp3) is 0.238. The molecule has 0 aliphatic rings. The Labute approximate surface area is 205 Å². The summed E-state index contributed by atoms with van der Waals surface area (Å²) in [5.74, 6) is 0.194. The summed E-state index contributed by atoms with van der Waals surface area (Å²) in [6.07, 6.45) is 0.669. The third-order valence-electron chi connectivity index (χ3n) is 4.90.